The molecule has 2 N–H and O–H groups in total. The van der Waals surface area contributed by atoms with Crippen molar-refractivity contribution in [3.8, 4) is 0 Å². The summed E-state index contributed by atoms with van der Waals surface area (Å²) in [6.45, 7) is 3.31. The van der Waals surface area contributed by atoms with Gasteiger partial charge in [-0.25, -0.2) is 0 Å². The van der Waals surface area contributed by atoms with Crippen molar-refractivity contribution in [1.82, 2.24) is 10.6 Å². The van der Waals surface area contributed by atoms with Gasteiger partial charge in [0.2, 0.25) is 0 Å². The van der Waals surface area contributed by atoms with Crippen LogP contribution in [0.25, 0.3) is 0 Å². The number of hydrogen-bond donors (Lipinski definition) is 2. The highest BCUT2D eigenvalue weighted by Crippen LogP contribution is 2.09. The fourth-order valence-electron chi connectivity index (χ4n) is 2.65. The van der Waals surface area contributed by atoms with Gasteiger partial charge >= 0.3 is 0 Å². The van der Waals surface area contributed by atoms with Crippen LogP contribution in [0.15, 0.2) is 30.3 Å². The maximum atomic E-state index is 3.53. The van der Waals surface area contributed by atoms with E-state index in [9.17, 15) is 0 Å². The van der Waals surface area contributed by atoms with Crippen molar-refractivity contribution in [1.29, 1.82) is 0 Å². The highest BCUT2D eigenvalue weighted by molar-refractivity contribution is 6.08. The van der Waals surface area contributed by atoms with E-state index >= 15 is 0 Å². The van der Waals surface area contributed by atoms with Crippen LogP contribution in [0.4, 0.5) is 0 Å². The Morgan fingerprint density at radius 3 is 1.68 bits per heavy atom. The minimum absolute atomic E-state index is 0.917. The number of unbranched alkanes of at least 4 members (excludes halogenated alkanes) is 8. The Kier molecular flexibility index (Phi) is 13.5. The van der Waals surface area contributed by atoms with Gasteiger partial charge in [-0.15, -0.1) is 0 Å². The minimum Gasteiger partial charge on any atom is -0.320 e. The molecule has 0 unspecified atom stereocenters. The van der Waals surface area contributed by atoms with Gasteiger partial charge < -0.3 is 10.6 Å². The molecule has 22 heavy (non-hydrogen) atoms. The molecule has 0 aromatic heterocycles. The van der Waals surface area contributed by atoms with Crippen molar-refractivity contribution in [3.05, 3.63) is 35.9 Å². The molecule has 0 heterocycles. The van der Waals surface area contributed by atoms with Gasteiger partial charge in [0.05, 0.1) is 0 Å². The van der Waals surface area contributed by atoms with Gasteiger partial charge in [0.25, 0.3) is 0 Å². The Morgan fingerprint density at radius 2 is 1.14 bits per heavy atom. The van der Waals surface area contributed by atoms with Crippen LogP contribution in [0.2, 0.25) is 0 Å². The first kappa shape index (κ1) is 19.4. The average molecular weight is 318 g/mol. The van der Waals surface area contributed by atoms with E-state index in [0.717, 1.165) is 25.8 Å². The van der Waals surface area contributed by atoms with E-state index in [-0.39, 0.29) is 0 Å². The molecular weight excluding hydrogens is 284 g/mol. The zero-order valence-corrected chi connectivity index (χ0v) is 15.1. The summed E-state index contributed by atoms with van der Waals surface area (Å²) in [6.07, 6.45) is 13.4. The molecule has 3 radical (unpaired) electrons. The number of rotatable bonds is 15. The standard InChI is InChI=1S/C19H33N2Si/c22-18-21-16-12-7-5-3-1-2-4-6-11-15-20-17-19-13-9-8-10-14-19/h8-10,13-14,20-21H,1-7,11-12,15-18H2. The van der Waals surface area contributed by atoms with Crippen LogP contribution in [-0.4, -0.2) is 29.5 Å². The van der Waals surface area contributed by atoms with E-state index in [2.05, 4.69) is 51.2 Å². The normalized spacial score (nSPS) is 11.0. The molecule has 0 atom stereocenters. The Morgan fingerprint density at radius 1 is 0.636 bits per heavy atom. The summed E-state index contributed by atoms with van der Waals surface area (Å²) in [5, 5.41) is 6.83. The second-order valence-electron chi connectivity index (χ2n) is 6.02. The van der Waals surface area contributed by atoms with Crippen LogP contribution in [-0.2, 0) is 6.54 Å². The molecule has 3 heteroatoms. The third-order valence-corrected chi connectivity index (χ3v) is 4.25. The lowest BCUT2D eigenvalue weighted by Crippen LogP contribution is -2.16. The van der Waals surface area contributed by atoms with Crippen LogP contribution in [0, 0.1) is 0 Å². The lowest BCUT2D eigenvalue weighted by Gasteiger charge is -2.05. The van der Waals surface area contributed by atoms with Gasteiger partial charge in [-0.05, 0) is 37.7 Å². The van der Waals surface area contributed by atoms with Crippen molar-refractivity contribution >= 4 is 10.2 Å². The number of nitrogens with one attached hydrogen (secondary N) is 2. The molecule has 0 aliphatic heterocycles. The molecule has 2 nitrogen and oxygen atoms in total. The highest BCUT2D eigenvalue weighted by Gasteiger charge is 1.94. The summed E-state index contributed by atoms with van der Waals surface area (Å²) < 4.78 is 0. The van der Waals surface area contributed by atoms with E-state index in [4.69, 9.17) is 0 Å². The molecule has 1 aromatic rings. The Bertz CT molecular complexity index is 329. The minimum atomic E-state index is 0.917. The monoisotopic (exact) mass is 317 g/mol. The lowest BCUT2D eigenvalue weighted by atomic mass is 10.1. The second-order valence-corrected chi connectivity index (χ2v) is 6.37. The predicted octanol–water partition coefficient (Wildman–Crippen LogP) is 4.00. The van der Waals surface area contributed by atoms with Crippen molar-refractivity contribution in [2.75, 3.05) is 19.3 Å². The molecule has 1 rings (SSSR count). The summed E-state index contributed by atoms with van der Waals surface area (Å²) in [6, 6.07) is 10.7. The molecule has 0 saturated carbocycles. The zero-order chi connectivity index (χ0) is 15.7. The fraction of sp³-hybridized carbons (Fsp3) is 0.684. The molecule has 0 saturated heterocycles. The van der Waals surface area contributed by atoms with Gasteiger partial charge in [-0.2, -0.15) is 0 Å². The SMILES string of the molecule is [Si]CNCCCCCCCCCCCNCc1ccccc1. The quantitative estimate of drug-likeness (QED) is 0.377. The topological polar surface area (TPSA) is 24.1 Å². The van der Waals surface area contributed by atoms with E-state index in [0.29, 0.717) is 0 Å². The summed E-state index contributed by atoms with van der Waals surface area (Å²) >= 11 is 0. The smallest absolute Gasteiger partial charge is 0.0428 e. The van der Waals surface area contributed by atoms with E-state index in [1.807, 2.05) is 0 Å². The molecule has 1 aromatic carbocycles. The van der Waals surface area contributed by atoms with Gasteiger partial charge in [0, 0.05) is 16.8 Å². The van der Waals surface area contributed by atoms with Crippen LogP contribution >= 0.6 is 0 Å². The predicted molar refractivity (Wildman–Crippen MR) is 98.3 cm³/mol. The Labute approximate surface area is 140 Å². The summed E-state index contributed by atoms with van der Waals surface area (Å²) in [4.78, 5) is 0. The maximum absolute atomic E-state index is 3.53. The van der Waals surface area contributed by atoms with Crippen LogP contribution < -0.4 is 10.6 Å². The fourth-order valence-corrected chi connectivity index (χ4v) is 2.83. The van der Waals surface area contributed by atoms with E-state index in [1.54, 1.807) is 0 Å². The summed E-state index contributed by atoms with van der Waals surface area (Å²) in [5.74, 6) is 0. The highest BCUT2D eigenvalue weighted by atomic mass is 28.1. The van der Waals surface area contributed by atoms with Crippen LogP contribution in [0.1, 0.15) is 63.4 Å². The first-order valence-electron chi connectivity index (χ1n) is 9.03. The van der Waals surface area contributed by atoms with E-state index in [1.165, 1.54) is 63.4 Å². The van der Waals surface area contributed by atoms with Gasteiger partial charge in [0.1, 0.15) is 0 Å². The Hall–Kier alpha value is -0.643. The average Bonchev–Trinajstić information content (AvgIpc) is 2.56. The van der Waals surface area contributed by atoms with Crippen molar-refractivity contribution < 1.29 is 0 Å². The lowest BCUT2D eigenvalue weighted by molar-refractivity contribution is 0.541. The molecule has 0 amide bonds. The van der Waals surface area contributed by atoms with Crippen LogP contribution in [0.3, 0.4) is 0 Å². The zero-order valence-electron chi connectivity index (χ0n) is 14.1. The molecule has 0 aliphatic rings. The molecular formula is C19H33N2Si. The third-order valence-electron chi connectivity index (χ3n) is 4.00. The number of benzene rings is 1. The van der Waals surface area contributed by atoms with Crippen molar-refractivity contribution in [2.24, 2.45) is 0 Å². The Balaban J connectivity index is 1.73. The summed E-state index contributed by atoms with van der Waals surface area (Å²) in [7, 11) is 3.42. The molecule has 0 bridgehead atoms. The van der Waals surface area contributed by atoms with Gasteiger partial charge in [0.15, 0.2) is 0 Å². The number of hydrogen-bond acceptors (Lipinski definition) is 2. The van der Waals surface area contributed by atoms with Gasteiger partial charge in [-0.1, -0.05) is 75.3 Å². The molecule has 0 fully saturated rings. The van der Waals surface area contributed by atoms with Gasteiger partial charge in [-0.3, -0.25) is 0 Å². The maximum Gasteiger partial charge on any atom is 0.0428 e. The van der Waals surface area contributed by atoms with E-state index < -0.39 is 0 Å². The first-order chi connectivity index (χ1) is 10.9. The molecule has 0 spiro atoms. The third kappa shape index (κ3) is 12.0. The molecule has 123 valence electrons. The van der Waals surface area contributed by atoms with Crippen molar-refractivity contribution in [3.63, 3.8) is 0 Å². The summed E-state index contributed by atoms with van der Waals surface area (Å²) in [5.41, 5.74) is 1.38. The van der Waals surface area contributed by atoms with Crippen LogP contribution in [0.5, 0.6) is 0 Å². The molecule has 0 aliphatic carbocycles. The second kappa shape index (κ2) is 15.3. The largest absolute Gasteiger partial charge is 0.320 e. The first-order valence-corrected chi connectivity index (χ1v) is 9.74. The van der Waals surface area contributed by atoms with Crippen molar-refractivity contribution in [2.45, 2.75) is 64.3 Å².